The highest BCUT2D eigenvalue weighted by molar-refractivity contribution is 7.96. The molecule has 2 atom stereocenters. The van der Waals surface area contributed by atoms with E-state index in [9.17, 15) is 16.8 Å². The van der Waals surface area contributed by atoms with Gasteiger partial charge in [0.05, 0.1) is 11.5 Å². The predicted molar refractivity (Wildman–Crippen MR) is 46.8 cm³/mol. The molecule has 1 aliphatic rings. The molecule has 1 saturated heterocycles. The second-order valence-corrected chi connectivity index (χ2v) is 7.15. The van der Waals surface area contributed by atoms with E-state index in [4.69, 9.17) is 4.55 Å². The number of hydrogen-bond donors (Lipinski definition) is 2. The van der Waals surface area contributed by atoms with Crippen molar-refractivity contribution in [3.05, 3.63) is 0 Å². The quantitative estimate of drug-likeness (QED) is 0.446. The van der Waals surface area contributed by atoms with E-state index in [0.717, 1.165) is 0 Å². The summed E-state index contributed by atoms with van der Waals surface area (Å²) in [6.07, 6.45) is 0. The smallest absolute Gasteiger partial charge is 0.269 e. The molecule has 0 aliphatic carbocycles. The van der Waals surface area contributed by atoms with Crippen molar-refractivity contribution >= 4 is 32.6 Å². The van der Waals surface area contributed by atoms with Gasteiger partial charge in [0.25, 0.3) is 10.1 Å². The maximum Gasteiger partial charge on any atom is 0.269 e. The topological polar surface area (TPSA) is 88.5 Å². The minimum atomic E-state index is -4.28. The Hall–Kier alpha value is 0.210. The third kappa shape index (κ3) is 2.12. The van der Waals surface area contributed by atoms with E-state index in [0.29, 0.717) is 0 Å². The van der Waals surface area contributed by atoms with Gasteiger partial charge < -0.3 is 0 Å². The molecule has 72 valence electrons. The summed E-state index contributed by atoms with van der Waals surface area (Å²) in [5.74, 6) is -0.819. The number of thiol groups is 1. The van der Waals surface area contributed by atoms with Crippen molar-refractivity contribution in [1.82, 2.24) is 0 Å². The van der Waals surface area contributed by atoms with E-state index in [2.05, 4.69) is 12.6 Å². The lowest BCUT2D eigenvalue weighted by Crippen LogP contribution is -2.28. The second kappa shape index (κ2) is 2.86. The van der Waals surface area contributed by atoms with Gasteiger partial charge in [-0.05, 0) is 0 Å². The summed E-state index contributed by atoms with van der Waals surface area (Å²) in [6.45, 7) is 0. The third-order valence-corrected chi connectivity index (χ3v) is 5.85. The van der Waals surface area contributed by atoms with Crippen LogP contribution in [0.4, 0.5) is 0 Å². The normalized spacial score (nSPS) is 35.2. The molecule has 1 aliphatic heterocycles. The Bertz CT molecular complexity index is 365. The third-order valence-electron chi connectivity index (χ3n) is 1.65. The van der Waals surface area contributed by atoms with E-state index < -0.39 is 36.2 Å². The molecule has 0 aromatic rings. The lowest BCUT2D eigenvalue weighted by molar-refractivity contribution is 0.472. The van der Waals surface area contributed by atoms with Crippen molar-refractivity contribution < 1.29 is 21.4 Å². The summed E-state index contributed by atoms with van der Waals surface area (Å²) in [7, 11) is -7.62. The van der Waals surface area contributed by atoms with E-state index in [1.165, 1.54) is 0 Å². The largest absolute Gasteiger partial charge is 0.285 e. The van der Waals surface area contributed by atoms with Crippen LogP contribution in [0.25, 0.3) is 0 Å². The Morgan fingerprint density at radius 1 is 1.33 bits per heavy atom. The molecule has 0 aromatic heterocycles. The van der Waals surface area contributed by atoms with Crippen molar-refractivity contribution in [2.24, 2.45) is 0 Å². The molecule has 12 heavy (non-hydrogen) atoms. The van der Waals surface area contributed by atoms with Crippen molar-refractivity contribution in [2.75, 3.05) is 11.5 Å². The van der Waals surface area contributed by atoms with Crippen LogP contribution in [0.3, 0.4) is 0 Å². The highest BCUT2D eigenvalue weighted by atomic mass is 32.2. The zero-order chi connectivity index (χ0) is 9.57. The number of rotatable bonds is 1. The molecule has 0 aromatic carbocycles. The molecular weight excluding hydrogens is 224 g/mol. The van der Waals surface area contributed by atoms with Crippen molar-refractivity contribution in [1.29, 1.82) is 0 Å². The lowest BCUT2D eigenvalue weighted by atomic mass is 10.4. The summed E-state index contributed by atoms with van der Waals surface area (Å²) < 4.78 is 51.5. The number of sulfone groups is 1. The van der Waals surface area contributed by atoms with Crippen LogP contribution in [-0.2, 0) is 20.0 Å². The standard InChI is InChI=1S/C4H8O5S3/c5-11(6)1-3(10)4(2-11)12(7,8)9/h3-4,10H,1-2H2,(H,7,8,9)/t3-,4-/m0/s1. The first-order valence-corrected chi connectivity index (χ1v) is 6.91. The van der Waals surface area contributed by atoms with E-state index >= 15 is 0 Å². The minimum Gasteiger partial charge on any atom is -0.285 e. The Morgan fingerprint density at radius 2 is 1.83 bits per heavy atom. The summed E-state index contributed by atoms with van der Waals surface area (Å²) in [5, 5.41) is -2.09. The Labute approximate surface area is 76.2 Å². The van der Waals surface area contributed by atoms with Crippen molar-refractivity contribution in [3.63, 3.8) is 0 Å². The van der Waals surface area contributed by atoms with Crippen LogP contribution < -0.4 is 0 Å². The van der Waals surface area contributed by atoms with Gasteiger partial charge in [0.15, 0.2) is 9.84 Å². The zero-order valence-corrected chi connectivity index (χ0v) is 8.44. The van der Waals surface area contributed by atoms with Crippen molar-refractivity contribution in [2.45, 2.75) is 10.5 Å². The van der Waals surface area contributed by atoms with Gasteiger partial charge in [-0.25, -0.2) is 8.42 Å². The number of hydrogen-bond acceptors (Lipinski definition) is 5. The van der Waals surface area contributed by atoms with Gasteiger partial charge in [-0.2, -0.15) is 21.0 Å². The molecular formula is C4H8O5S3. The lowest BCUT2D eigenvalue weighted by Gasteiger charge is -2.07. The summed E-state index contributed by atoms with van der Waals surface area (Å²) in [6, 6.07) is 0. The van der Waals surface area contributed by atoms with Crippen molar-refractivity contribution in [3.8, 4) is 0 Å². The molecule has 0 unspecified atom stereocenters. The molecule has 0 amide bonds. The molecule has 1 heterocycles. The maximum absolute atomic E-state index is 10.9. The van der Waals surface area contributed by atoms with Crippen LogP contribution in [-0.4, -0.2) is 43.4 Å². The van der Waals surface area contributed by atoms with Gasteiger partial charge in [0, 0.05) is 5.25 Å². The van der Waals surface area contributed by atoms with E-state index in [1.807, 2.05) is 0 Å². The van der Waals surface area contributed by atoms with Gasteiger partial charge in [0.1, 0.15) is 5.25 Å². The van der Waals surface area contributed by atoms with E-state index in [-0.39, 0.29) is 5.75 Å². The van der Waals surface area contributed by atoms with Crippen LogP contribution >= 0.6 is 12.6 Å². The first-order chi connectivity index (χ1) is 5.22. The van der Waals surface area contributed by atoms with Crippen LogP contribution in [0.15, 0.2) is 0 Å². The van der Waals surface area contributed by atoms with Gasteiger partial charge in [-0.15, -0.1) is 0 Å². The predicted octanol–water partition coefficient (Wildman–Crippen LogP) is -1.03. The second-order valence-electron chi connectivity index (χ2n) is 2.70. The van der Waals surface area contributed by atoms with Gasteiger partial charge >= 0.3 is 0 Å². The molecule has 0 bridgehead atoms. The van der Waals surface area contributed by atoms with Gasteiger partial charge in [0.2, 0.25) is 0 Å². The summed E-state index contributed by atoms with van der Waals surface area (Å²) in [4.78, 5) is 0. The molecule has 1 rings (SSSR count). The van der Waals surface area contributed by atoms with E-state index in [1.54, 1.807) is 0 Å². The monoisotopic (exact) mass is 232 g/mol. The molecule has 0 spiro atoms. The highest BCUT2D eigenvalue weighted by Gasteiger charge is 2.42. The fourth-order valence-electron chi connectivity index (χ4n) is 1.08. The molecule has 1 N–H and O–H groups in total. The molecule has 5 nitrogen and oxygen atoms in total. The molecule has 8 heteroatoms. The van der Waals surface area contributed by atoms with Gasteiger partial charge in [-0.3, -0.25) is 4.55 Å². The zero-order valence-electron chi connectivity index (χ0n) is 5.91. The van der Waals surface area contributed by atoms with Crippen LogP contribution in [0.1, 0.15) is 0 Å². The Morgan fingerprint density at radius 3 is 2.00 bits per heavy atom. The van der Waals surface area contributed by atoms with Crippen LogP contribution in [0.5, 0.6) is 0 Å². The Kier molecular flexibility index (Phi) is 2.45. The molecule has 0 radical (unpaired) electrons. The first kappa shape index (κ1) is 10.3. The van der Waals surface area contributed by atoms with Crippen LogP contribution in [0, 0.1) is 0 Å². The summed E-state index contributed by atoms with van der Waals surface area (Å²) in [5.41, 5.74) is 0. The molecule has 1 fully saturated rings. The SMILES string of the molecule is O=S1(=O)C[C@H](S)[C@@H](S(=O)(=O)O)C1. The molecule has 0 saturated carbocycles. The average molecular weight is 232 g/mol. The summed E-state index contributed by atoms with van der Waals surface area (Å²) >= 11 is 3.78. The minimum absolute atomic E-state index is 0.291. The fraction of sp³-hybridized carbons (Fsp3) is 1.00. The highest BCUT2D eigenvalue weighted by Crippen LogP contribution is 2.22. The average Bonchev–Trinajstić information content (AvgIpc) is 2.03. The first-order valence-electron chi connectivity index (χ1n) is 3.07. The fourth-order valence-corrected chi connectivity index (χ4v) is 6.02. The van der Waals surface area contributed by atoms with Gasteiger partial charge in [-0.1, -0.05) is 0 Å². The Balaban J connectivity index is 3.01. The van der Waals surface area contributed by atoms with Crippen LogP contribution in [0.2, 0.25) is 0 Å². The maximum atomic E-state index is 10.9.